The average Bonchev–Trinajstić information content (AvgIpc) is 3.35. The Bertz CT molecular complexity index is 962. The van der Waals surface area contributed by atoms with Gasteiger partial charge in [0.25, 0.3) is 5.91 Å². The molecule has 3 aromatic rings. The molecule has 1 aromatic carbocycles. The molecule has 0 aliphatic rings. The molecule has 0 atom stereocenters. The van der Waals surface area contributed by atoms with Gasteiger partial charge in [0.05, 0.1) is 21.9 Å². The number of nitrogens with zero attached hydrogens (tertiary/aromatic N) is 2. The maximum Gasteiger partial charge on any atom is 0.321 e. The van der Waals surface area contributed by atoms with E-state index in [0.717, 1.165) is 11.3 Å². The number of nitrogens with one attached hydrogen (secondary N) is 3. The molecule has 3 amide bonds. The van der Waals surface area contributed by atoms with Crippen LogP contribution >= 0.6 is 34.5 Å². The summed E-state index contributed by atoms with van der Waals surface area (Å²) in [6, 6.07) is 6.25. The first-order valence-electron chi connectivity index (χ1n) is 8.13. The quantitative estimate of drug-likeness (QED) is 0.519. The van der Waals surface area contributed by atoms with Crippen molar-refractivity contribution in [3.05, 3.63) is 62.9 Å². The van der Waals surface area contributed by atoms with Crippen molar-refractivity contribution in [2.45, 2.75) is 13.0 Å². The molecule has 11 heteroatoms. The summed E-state index contributed by atoms with van der Waals surface area (Å²) in [4.78, 5) is 28.0. The Kier molecular flexibility index (Phi) is 6.85. The van der Waals surface area contributed by atoms with Crippen LogP contribution in [0.15, 0.2) is 40.4 Å². The molecule has 146 valence electrons. The number of benzene rings is 1. The number of carbonyl (C=O) groups is 2. The maximum atomic E-state index is 12.0. The van der Waals surface area contributed by atoms with Crippen LogP contribution in [0, 0.1) is 0 Å². The normalized spacial score (nSPS) is 10.5. The van der Waals surface area contributed by atoms with E-state index in [1.54, 1.807) is 18.2 Å². The van der Waals surface area contributed by atoms with Crippen molar-refractivity contribution in [2.24, 2.45) is 0 Å². The van der Waals surface area contributed by atoms with E-state index in [1.807, 2.05) is 5.38 Å². The molecule has 2 aromatic heterocycles. The summed E-state index contributed by atoms with van der Waals surface area (Å²) >= 11 is 13.1. The number of carbonyl (C=O) groups excluding carboxylic acids is 2. The molecule has 28 heavy (non-hydrogen) atoms. The lowest BCUT2D eigenvalue weighted by Gasteiger charge is -2.06. The zero-order valence-corrected chi connectivity index (χ0v) is 16.7. The first kappa shape index (κ1) is 20.1. The van der Waals surface area contributed by atoms with E-state index in [9.17, 15) is 9.59 Å². The molecule has 8 nitrogen and oxygen atoms in total. The van der Waals surface area contributed by atoms with Gasteiger partial charge in [0.1, 0.15) is 0 Å². The average molecular weight is 440 g/mol. The van der Waals surface area contributed by atoms with Crippen molar-refractivity contribution in [2.75, 3.05) is 11.9 Å². The fourth-order valence-electron chi connectivity index (χ4n) is 2.18. The molecule has 0 bridgehead atoms. The van der Waals surface area contributed by atoms with Gasteiger partial charge in [-0.3, -0.25) is 10.1 Å². The number of anilines is 1. The Balaban J connectivity index is 1.41. The number of amides is 3. The third kappa shape index (κ3) is 5.69. The van der Waals surface area contributed by atoms with Gasteiger partial charge in [-0.05, 0) is 17.7 Å². The van der Waals surface area contributed by atoms with Gasteiger partial charge in [0.15, 0.2) is 5.13 Å². The molecule has 0 aliphatic carbocycles. The number of hydrogen-bond donors (Lipinski definition) is 3. The number of aromatic nitrogens is 2. The molecule has 0 saturated heterocycles. The van der Waals surface area contributed by atoms with Crippen LogP contribution in [-0.4, -0.2) is 28.6 Å². The van der Waals surface area contributed by atoms with Gasteiger partial charge in [0.2, 0.25) is 5.76 Å². The second-order valence-corrected chi connectivity index (χ2v) is 7.26. The van der Waals surface area contributed by atoms with Crippen molar-refractivity contribution < 1.29 is 14.1 Å². The van der Waals surface area contributed by atoms with Gasteiger partial charge in [-0.1, -0.05) is 34.4 Å². The van der Waals surface area contributed by atoms with E-state index >= 15 is 0 Å². The van der Waals surface area contributed by atoms with E-state index in [0.29, 0.717) is 34.7 Å². The summed E-state index contributed by atoms with van der Waals surface area (Å²) in [5.41, 5.74) is 1.58. The zero-order chi connectivity index (χ0) is 19.9. The Labute approximate surface area is 174 Å². The van der Waals surface area contributed by atoms with Gasteiger partial charge in [-0.25, -0.2) is 9.78 Å². The third-order valence-corrected chi connectivity index (χ3v) is 5.08. The van der Waals surface area contributed by atoms with Gasteiger partial charge < -0.3 is 15.2 Å². The Morgan fingerprint density at radius 2 is 2.00 bits per heavy atom. The SMILES string of the molecule is O=C(NCc1ccc(Cl)c(Cl)c1)Nc1nc(CCNC(=O)c2ccno2)cs1. The molecule has 2 heterocycles. The molecule has 0 saturated carbocycles. The minimum Gasteiger partial charge on any atom is -0.351 e. The van der Waals surface area contributed by atoms with Gasteiger partial charge in [-0.2, -0.15) is 0 Å². The molecule has 0 unspecified atom stereocenters. The van der Waals surface area contributed by atoms with Crippen LogP contribution in [0.3, 0.4) is 0 Å². The Morgan fingerprint density at radius 1 is 1.14 bits per heavy atom. The lowest BCUT2D eigenvalue weighted by Crippen LogP contribution is -2.28. The highest BCUT2D eigenvalue weighted by Crippen LogP contribution is 2.22. The van der Waals surface area contributed by atoms with Gasteiger partial charge >= 0.3 is 6.03 Å². The van der Waals surface area contributed by atoms with Crippen molar-refractivity contribution >= 4 is 51.6 Å². The molecular formula is C17H15Cl2N5O3S. The predicted octanol–water partition coefficient (Wildman–Crippen LogP) is 3.73. The summed E-state index contributed by atoms with van der Waals surface area (Å²) in [5, 5.41) is 14.7. The summed E-state index contributed by atoms with van der Waals surface area (Å²) in [6.07, 6.45) is 1.92. The number of urea groups is 1. The number of rotatable bonds is 7. The fraction of sp³-hybridized carbons (Fsp3) is 0.176. The van der Waals surface area contributed by atoms with Gasteiger partial charge in [0, 0.05) is 31.0 Å². The lowest BCUT2D eigenvalue weighted by molar-refractivity contribution is 0.0917. The smallest absolute Gasteiger partial charge is 0.321 e. The molecule has 0 spiro atoms. The van der Waals surface area contributed by atoms with Crippen molar-refractivity contribution in [1.29, 1.82) is 0 Å². The topological polar surface area (TPSA) is 109 Å². The second kappa shape index (κ2) is 9.54. The van der Waals surface area contributed by atoms with Crippen LogP contribution in [-0.2, 0) is 13.0 Å². The van der Waals surface area contributed by atoms with E-state index in [4.69, 9.17) is 27.7 Å². The fourth-order valence-corrected chi connectivity index (χ4v) is 3.24. The molecule has 3 N–H and O–H groups in total. The van der Waals surface area contributed by atoms with E-state index in [2.05, 4.69) is 26.1 Å². The molecule has 0 fully saturated rings. The molecule has 3 rings (SSSR count). The first-order chi connectivity index (χ1) is 13.5. The summed E-state index contributed by atoms with van der Waals surface area (Å²) in [7, 11) is 0. The van der Waals surface area contributed by atoms with E-state index < -0.39 is 0 Å². The lowest BCUT2D eigenvalue weighted by atomic mass is 10.2. The van der Waals surface area contributed by atoms with Crippen molar-refractivity contribution in [3.63, 3.8) is 0 Å². The van der Waals surface area contributed by atoms with Crippen LogP contribution in [0.5, 0.6) is 0 Å². The standard InChI is InChI=1S/C17H15Cl2N5O3S/c18-12-2-1-10(7-13(12)19)8-21-16(26)24-17-23-11(9-28-17)3-5-20-15(25)14-4-6-22-27-14/h1-2,4,6-7,9H,3,5,8H2,(H,20,25)(H2,21,23,24,26). The summed E-state index contributed by atoms with van der Waals surface area (Å²) in [5.74, 6) is -0.188. The van der Waals surface area contributed by atoms with E-state index in [1.165, 1.54) is 23.6 Å². The van der Waals surface area contributed by atoms with Crippen LogP contribution in [0.2, 0.25) is 10.0 Å². The highest BCUT2D eigenvalue weighted by molar-refractivity contribution is 7.13. The highest BCUT2D eigenvalue weighted by atomic mass is 35.5. The number of thiazole rings is 1. The third-order valence-electron chi connectivity index (χ3n) is 3.54. The summed E-state index contributed by atoms with van der Waals surface area (Å²) in [6.45, 7) is 0.681. The number of halogens is 2. The minimum absolute atomic E-state index is 0.152. The Hall–Kier alpha value is -2.62. The van der Waals surface area contributed by atoms with Crippen LogP contribution in [0.1, 0.15) is 21.8 Å². The van der Waals surface area contributed by atoms with Crippen LogP contribution in [0.25, 0.3) is 0 Å². The summed E-state index contributed by atoms with van der Waals surface area (Å²) < 4.78 is 4.77. The first-order valence-corrected chi connectivity index (χ1v) is 9.77. The monoisotopic (exact) mass is 439 g/mol. The molecule has 0 radical (unpaired) electrons. The Morgan fingerprint density at radius 3 is 2.75 bits per heavy atom. The largest absolute Gasteiger partial charge is 0.351 e. The predicted molar refractivity (Wildman–Crippen MR) is 107 cm³/mol. The molecule has 0 aliphatic heterocycles. The zero-order valence-electron chi connectivity index (χ0n) is 14.4. The second-order valence-electron chi connectivity index (χ2n) is 5.58. The number of hydrogen-bond acceptors (Lipinski definition) is 6. The van der Waals surface area contributed by atoms with E-state index in [-0.39, 0.29) is 17.7 Å². The van der Waals surface area contributed by atoms with Crippen molar-refractivity contribution in [1.82, 2.24) is 20.8 Å². The molecular weight excluding hydrogens is 425 g/mol. The van der Waals surface area contributed by atoms with Gasteiger partial charge in [-0.15, -0.1) is 11.3 Å². The van der Waals surface area contributed by atoms with Crippen LogP contribution in [0.4, 0.5) is 9.93 Å². The van der Waals surface area contributed by atoms with Crippen LogP contribution < -0.4 is 16.0 Å². The van der Waals surface area contributed by atoms with Crippen molar-refractivity contribution in [3.8, 4) is 0 Å². The minimum atomic E-state index is -0.384. The maximum absolute atomic E-state index is 12.0. The highest BCUT2D eigenvalue weighted by Gasteiger charge is 2.10.